The first kappa shape index (κ1) is 19.9. The second kappa shape index (κ2) is 8.65. The third-order valence-corrected chi connectivity index (χ3v) is 4.22. The fraction of sp³-hybridized carbons (Fsp3) is 0.556. The standard InChI is InChI=1S/C18H26FN3O2/c1-6-22(10-14-7-8-16(24-5)15(19)9-14)11-17(23)21-18(4,12-20)13(2)3/h7-9,13H,6,10-11H2,1-5H3,(H,21,23)/t18-/m0/s1. The summed E-state index contributed by atoms with van der Waals surface area (Å²) in [6.45, 7) is 8.64. The Bertz CT molecular complexity index is 613. The lowest BCUT2D eigenvalue weighted by Crippen LogP contribution is -2.51. The van der Waals surface area contributed by atoms with Crippen LogP contribution in [0.15, 0.2) is 18.2 Å². The zero-order chi connectivity index (χ0) is 18.3. The molecule has 0 aromatic heterocycles. The molecule has 0 bridgehead atoms. The van der Waals surface area contributed by atoms with Gasteiger partial charge in [-0.25, -0.2) is 4.39 Å². The van der Waals surface area contributed by atoms with Crippen LogP contribution in [-0.4, -0.2) is 36.5 Å². The highest BCUT2D eigenvalue weighted by Crippen LogP contribution is 2.19. The van der Waals surface area contributed by atoms with Gasteiger partial charge < -0.3 is 10.1 Å². The molecule has 1 aromatic rings. The van der Waals surface area contributed by atoms with E-state index in [0.717, 1.165) is 5.56 Å². The van der Waals surface area contributed by atoms with Gasteiger partial charge in [0, 0.05) is 6.54 Å². The minimum Gasteiger partial charge on any atom is -0.494 e. The van der Waals surface area contributed by atoms with Gasteiger partial charge in [0.05, 0.1) is 19.7 Å². The molecule has 1 N–H and O–H groups in total. The lowest BCUT2D eigenvalue weighted by atomic mass is 9.90. The summed E-state index contributed by atoms with van der Waals surface area (Å²) in [5, 5.41) is 12.1. The molecule has 0 aliphatic heterocycles. The molecule has 1 rings (SSSR count). The Kier molecular flexibility index (Phi) is 7.18. The highest BCUT2D eigenvalue weighted by atomic mass is 19.1. The van der Waals surface area contributed by atoms with E-state index in [0.29, 0.717) is 13.1 Å². The number of nitrogens with zero attached hydrogens (tertiary/aromatic N) is 2. The summed E-state index contributed by atoms with van der Waals surface area (Å²) >= 11 is 0. The summed E-state index contributed by atoms with van der Waals surface area (Å²) in [6, 6.07) is 6.91. The molecule has 0 aliphatic carbocycles. The maximum Gasteiger partial charge on any atom is 0.235 e. The van der Waals surface area contributed by atoms with Gasteiger partial charge in [-0.2, -0.15) is 5.26 Å². The lowest BCUT2D eigenvalue weighted by Gasteiger charge is -2.29. The number of methoxy groups -OCH3 is 1. The van der Waals surface area contributed by atoms with Gasteiger partial charge in [-0.1, -0.05) is 26.8 Å². The molecule has 1 amide bonds. The topological polar surface area (TPSA) is 65.4 Å². The first-order chi connectivity index (χ1) is 11.3. The van der Waals surface area contributed by atoms with Gasteiger partial charge in [0.15, 0.2) is 11.6 Å². The Hall–Kier alpha value is -2.13. The molecule has 0 fully saturated rings. The summed E-state index contributed by atoms with van der Waals surface area (Å²) in [4.78, 5) is 14.1. The Balaban J connectivity index is 2.72. The van der Waals surface area contributed by atoms with Gasteiger partial charge in [-0.3, -0.25) is 9.69 Å². The fourth-order valence-corrected chi connectivity index (χ4v) is 2.18. The van der Waals surface area contributed by atoms with Crippen LogP contribution in [0.2, 0.25) is 0 Å². The number of carbonyl (C=O) groups is 1. The molecule has 0 unspecified atom stereocenters. The zero-order valence-corrected chi connectivity index (χ0v) is 15.0. The van der Waals surface area contributed by atoms with Gasteiger partial charge in [0.1, 0.15) is 5.54 Å². The van der Waals surface area contributed by atoms with Gasteiger partial charge in [0.25, 0.3) is 0 Å². The van der Waals surface area contributed by atoms with Crippen molar-refractivity contribution in [2.24, 2.45) is 5.92 Å². The number of nitriles is 1. The highest BCUT2D eigenvalue weighted by Gasteiger charge is 2.30. The molecule has 0 saturated heterocycles. The van der Waals surface area contributed by atoms with Crippen LogP contribution >= 0.6 is 0 Å². The molecule has 1 aromatic carbocycles. The summed E-state index contributed by atoms with van der Waals surface area (Å²) in [6.07, 6.45) is 0. The summed E-state index contributed by atoms with van der Waals surface area (Å²) in [5.41, 5.74) is -0.141. The second-order valence-electron chi connectivity index (χ2n) is 6.29. The number of ether oxygens (including phenoxy) is 1. The van der Waals surface area contributed by atoms with Gasteiger partial charge >= 0.3 is 0 Å². The van der Waals surface area contributed by atoms with Crippen LogP contribution in [0, 0.1) is 23.1 Å². The molecule has 0 heterocycles. The van der Waals surface area contributed by atoms with Crippen molar-refractivity contribution in [1.82, 2.24) is 10.2 Å². The van der Waals surface area contributed by atoms with Crippen LogP contribution in [-0.2, 0) is 11.3 Å². The lowest BCUT2D eigenvalue weighted by molar-refractivity contribution is -0.124. The molecular weight excluding hydrogens is 309 g/mol. The molecule has 0 saturated carbocycles. The quantitative estimate of drug-likeness (QED) is 0.793. The molecule has 5 nitrogen and oxygen atoms in total. The normalized spacial score (nSPS) is 13.5. The Morgan fingerprint density at radius 1 is 1.50 bits per heavy atom. The number of nitrogens with one attached hydrogen (secondary N) is 1. The molecular formula is C18H26FN3O2. The predicted octanol–water partition coefficient (Wildman–Crippen LogP) is 2.71. The Morgan fingerprint density at radius 3 is 2.62 bits per heavy atom. The number of amides is 1. The van der Waals surface area contributed by atoms with Gasteiger partial charge in [-0.15, -0.1) is 0 Å². The SMILES string of the molecule is CCN(CC(=O)N[C@@](C)(C#N)C(C)C)Cc1ccc(OC)c(F)c1. The maximum absolute atomic E-state index is 13.8. The van der Waals surface area contributed by atoms with Crippen molar-refractivity contribution in [3.63, 3.8) is 0 Å². The second-order valence-corrected chi connectivity index (χ2v) is 6.29. The van der Waals surface area contributed by atoms with Crippen molar-refractivity contribution in [3.8, 4) is 11.8 Å². The largest absolute Gasteiger partial charge is 0.494 e. The third kappa shape index (κ3) is 5.20. The van der Waals surface area contributed by atoms with Gasteiger partial charge in [-0.05, 0) is 37.1 Å². The Labute approximate surface area is 143 Å². The zero-order valence-electron chi connectivity index (χ0n) is 15.0. The van der Waals surface area contributed by atoms with E-state index in [4.69, 9.17) is 4.74 Å². The van der Waals surface area contributed by atoms with Crippen molar-refractivity contribution >= 4 is 5.91 Å². The number of halogens is 1. The van der Waals surface area contributed by atoms with Crippen molar-refractivity contribution in [3.05, 3.63) is 29.6 Å². The monoisotopic (exact) mass is 335 g/mol. The van der Waals surface area contributed by atoms with Crippen molar-refractivity contribution in [2.45, 2.75) is 39.8 Å². The molecule has 24 heavy (non-hydrogen) atoms. The maximum atomic E-state index is 13.8. The molecule has 1 atom stereocenters. The van der Waals surface area contributed by atoms with E-state index in [-0.39, 0.29) is 24.1 Å². The smallest absolute Gasteiger partial charge is 0.235 e. The van der Waals surface area contributed by atoms with Crippen LogP contribution in [0.5, 0.6) is 5.75 Å². The number of hydrogen-bond donors (Lipinski definition) is 1. The van der Waals surface area contributed by atoms with E-state index in [1.54, 1.807) is 19.1 Å². The average Bonchev–Trinajstić information content (AvgIpc) is 2.53. The average molecular weight is 335 g/mol. The van der Waals surface area contributed by atoms with Crippen LogP contribution < -0.4 is 10.1 Å². The van der Waals surface area contributed by atoms with E-state index < -0.39 is 11.4 Å². The molecule has 0 aliphatic rings. The fourth-order valence-electron chi connectivity index (χ4n) is 2.18. The van der Waals surface area contributed by atoms with E-state index in [9.17, 15) is 14.4 Å². The van der Waals surface area contributed by atoms with Gasteiger partial charge in [0.2, 0.25) is 5.91 Å². The van der Waals surface area contributed by atoms with Crippen molar-refractivity contribution in [1.29, 1.82) is 5.26 Å². The third-order valence-electron chi connectivity index (χ3n) is 4.22. The van der Waals surface area contributed by atoms with Crippen molar-refractivity contribution in [2.75, 3.05) is 20.2 Å². The number of hydrogen-bond acceptors (Lipinski definition) is 4. The van der Waals surface area contributed by atoms with E-state index >= 15 is 0 Å². The van der Waals surface area contributed by atoms with Crippen LogP contribution in [0.4, 0.5) is 4.39 Å². The minimum absolute atomic E-state index is 0.00258. The molecule has 132 valence electrons. The number of carbonyl (C=O) groups excluding carboxylic acids is 1. The molecule has 0 radical (unpaired) electrons. The molecule has 6 heteroatoms. The van der Waals surface area contributed by atoms with Crippen LogP contribution in [0.25, 0.3) is 0 Å². The van der Waals surface area contributed by atoms with E-state index in [2.05, 4.69) is 11.4 Å². The molecule has 0 spiro atoms. The van der Waals surface area contributed by atoms with Crippen molar-refractivity contribution < 1.29 is 13.9 Å². The number of rotatable bonds is 8. The Morgan fingerprint density at radius 2 is 2.17 bits per heavy atom. The first-order valence-corrected chi connectivity index (χ1v) is 8.02. The van der Waals surface area contributed by atoms with E-state index in [1.807, 2.05) is 25.7 Å². The van der Waals surface area contributed by atoms with E-state index in [1.165, 1.54) is 13.2 Å². The number of benzene rings is 1. The highest BCUT2D eigenvalue weighted by molar-refractivity contribution is 5.79. The number of likely N-dealkylation sites (N-methyl/N-ethyl adjacent to an activating group) is 1. The van der Waals surface area contributed by atoms with Crippen LogP contribution in [0.3, 0.4) is 0 Å². The summed E-state index contributed by atoms with van der Waals surface area (Å²) in [5.74, 6) is -0.450. The van der Waals surface area contributed by atoms with Crippen LogP contribution in [0.1, 0.15) is 33.3 Å². The first-order valence-electron chi connectivity index (χ1n) is 8.02. The predicted molar refractivity (Wildman–Crippen MR) is 90.9 cm³/mol. The summed E-state index contributed by atoms with van der Waals surface area (Å²) < 4.78 is 18.7. The minimum atomic E-state index is -0.900. The summed E-state index contributed by atoms with van der Waals surface area (Å²) in [7, 11) is 1.42.